The van der Waals surface area contributed by atoms with Gasteiger partial charge in [-0.15, -0.1) is 5.73 Å². The van der Waals surface area contributed by atoms with Crippen LogP contribution in [0, 0.1) is 0 Å². The standard InChI is InChI=1S/C6H5Br.C3H4/c7-6-4-2-1-3-5-6;1-3-2/h1-5H;1-2H2. The van der Waals surface area contributed by atoms with Crippen LogP contribution in [-0.2, 0) is 0 Å². The Labute approximate surface area is 70.0 Å². The molecule has 0 saturated carbocycles. The monoisotopic (exact) mass is 196 g/mol. The lowest BCUT2D eigenvalue weighted by atomic mass is 10.4. The fourth-order valence-corrected chi connectivity index (χ4v) is 0.720. The predicted octanol–water partition coefficient (Wildman–Crippen LogP) is 3.41. The highest BCUT2D eigenvalue weighted by Crippen LogP contribution is 2.05. The molecule has 1 rings (SSSR count). The Bertz CT molecular complexity index is 195. The third-order valence-corrected chi connectivity index (χ3v) is 1.26. The molecule has 10 heavy (non-hydrogen) atoms. The van der Waals surface area contributed by atoms with Crippen LogP contribution in [0.5, 0.6) is 0 Å². The van der Waals surface area contributed by atoms with Crippen molar-refractivity contribution in [2.75, 3.05) is 0 Å². The smallest absolute Gasteiger partial charge is 0.0175 e. The summed E-state index contributed by atoms with van der Waals surface area (Å²) in [7, 11) is 0. The highest BCUT2D eigenvalue weighted by atomic mass is 79.9. The molecule has 0 bridgehead atoms. The average molecular weight is 197 g/mol. The van der Waals surface area contributed by atoms with Crippen LogP contribution in [0.3, 0.4) is 0 Å². The van der Waals surface area contributed by atoms with E-state index in [-0.39, 0.29) is 0 Å². The molecule has 0 atom stereocenters. The summed E-state index contributed by atoms with van der Waals surface area (Å²) in [6.45, 7) is 6.25. The van der Waals surface area contributed by atoms with Crippen molar-refractivity contribution in [2.24, 2.45) is 0 Å². The molecule has 0 aliphatic rings. The lowest BCUT2D eigenvalue weighted by molar-refractivity contribution is 1.66. The minimum atomic E-state index is 1.13. The fraction of sp³-hybridized carbons (Fsp3) is 0. The van der Waals surface area contributed by atoms with Gasteiger partial charge in [-0.2, -0.15) is 0 Å². The van der Waals surface area contributed by atoms with Gasteiger partial charge in [0.1, 0.15) is 0 Å². The zero-order chi connectivity index (χ0) is 7.82. The maximum Gasteiger partial charge on any atom is 0.0175 e. The summed E-state index contributed by atoms with van der Waals surface area (Å²) >= 11 is 3.31. The molecule has 0 fully saturated rings. The maximum absolute atomic E-state index is 3.31. The number of hydrogen-bond acceptors (Lipinski definition) is 0. The Morgan fingerprint density at radius 3 is 1.70 bits per heavy atom. The maximum atomic E-state index is 3.31. The molecule has 0 unspecified atom stereocenters. The summed E-state index contributed by atoms with van der Waals surface area (Å²) in [5.41, 5.74) is 2.25. The van der Waals surface area contributed by atoms with Gasteiger partial charge in [0.15, 0.2) is 0 Å². The Hall–Kier alpha value is -0.780. The molecule has 0 aliphatic carbocycles. The van der Waals surface area contributed by atoms with E-state index in [1.807, 2.05) is 30.3 Å². The van der Waals surface area contributed by atoms with Gasteiger partial charge in [-0.1, -0.05) is 47.3 Å². The Kier molecular flexibility index (Phi) is 5.85. The van der Waals surface area contributed by atoms with Crippen molar-refractivity contribution in [2.45, 2.75) is 0 Å². The lowest BCUT2D eigenvalue weighted by Gasteiger charge is -1.80. The van der Waals surface area contributed by atoms with E-state index in [1.54, 1.807) is 0 Å². The van der Waals surface area contributed by atoms with Crippen molar-refractivity contribution in [1.82, 2.24) is 0 Å². The van der Waals surface area contributed by atoms with Gasteiger partial charge in [-0.25, -0.2) is 0 Å². The van der Waals surface area contributed by atoms with E-state index < -0.39 is 0 Å². The largest absolute Gasteiger partial charge is 0.137 e. The molecule has 1 aromatic carbocycles. The highest BCUT2D eigenvalue weighted by Gasteiger charge is 1.74. The van der Waals surface area contributed by atoms with Crippen molar-refractivity contribution in [3.8, 4) is 0 Å². The Morgan fingerprint density at radius 2 is 1.50 bits per heavy atom. The van der Waals surface area contributed by atoms with Gasteiger partial charge >= 0.3 is 0 Å². The van der Waals surface area contributed by atoms with Crippen molar-refractivity contribution in [3.05, 3.63) is 53.7 Å². The minimum absolute atomic E-state index is 1.13. The summed E-state index contributed by atoms with van der Waals surface area (Å²) in [4.78, 5) is 0. The molecule has 52 valence electrons. The van der Waals surface area contributed by atoms with E-state index in [1.165, 1.54) is 0 Å². The van der Waals surface area contributed by atoms with E-state index in [2.05, 4.69) is 34.8 Å². The van der Waals surface area contributed by atoms with Crippen LogP contribution in [0.25, 0.3) is 0 Å². The predicted molar refractivity (Wildman–Crippen MR) is 48.9 cm³/mol. The van der Waals surface area contributed by atoms with Gasteiger partial charge in [0, 0.05) is 4.47 Å². The first-order valence-corrected chi connectivity index (χ1v) is 3.60. The summed E-state index contributed by atoms with van der Waals surface area (Å²) < 4.78 is 1.13. The van der Waals surface area contributed by atoms with Gasteiger partial charge in [0.25, 0.3) is 0 Å². The SMILES string of the molecule is Brc1ccccc1.C=C=C. The van der Waals surface area contributed by atoms with E-state index >= 15 is 0 Å². The topological polar surface area (TPSA) is 0 Å². The van der Waals surface area contributed by atoms with Gasteiger partial charge in [-0.05, 0) is 12.1 Å². The molecular formula is C9H9Br. The Balaban J connectivity index is 0.000000236. The molecule has 0 radical (unpaired) electrons. The summed E-state index contributed by atoms with van der Waals surface area (Å²) in [6.07, 6.45) is 0. The van der Waals surface area contributed by atoms with Crippen molar-refractivity contribution >= 4 is 15.9 Å². The zero-order valence-electron chi connectivity index (χ0n) is 5.68. The lowest BCUT2D eigenvalue weighted by Crippen LogP contribution is -1.55. The van der Waals surface area contributed by atoms with Crippen LogP contribution >= 0.6 is 15.9 Å². The second-order valence-electron chi connectivity index (χ2n) is 1.55. The highest BCUT2D eigenvalue weighted by molar-refractivity contribution is 9.10. The molecule has 0 aromatic heterocycles. The molecule has 0 spiro atoms. The van der Waals surface area contributed by atoms with Crippen LogP contribution in [0.1, 0.15) is 0 Å². The molecule has 0 N–H and O–H groups in total. The molecule has 0 nitrogen and oxygen atoms in total. The van der Waals surface area contributed by atoms with Crippen LogP contribution in [0.2, 0.25) is 0 Å². The number of benzene rings is 1. The van der Waals surface area contributed by atoms with Crippen molar-refractivity contribution in [3.63, 3.8) is 0 Å². The van der Waals surface area contributed by atoms with E-state index in [0.29, 0.717) is 0 Å². The molecule has 0 saturated heterocycles. The summed E-state index contributed by atoms with van der Waals surface area (Å²) in [5, 5.41) is 0. The molecule has 0 heterocycles. The van der Waals surface area contributed by atoms with E-state index in [4.69, 9.17) is 0 Å². The molecule has 1 heteroatoms. The van der Waals surface area contributed by atoms with Crippen molar-refractivity contribution < 1.29 is 0 Å². The Morgan fingerprint density at radius 1 is 1.10 bits per heavy atom. The van der Waals surface area contributed by atoms with Gasteiger partial charge in [0.2, 0.25) is 0 Å². The van der Waals surface area contributed by atoms with Gasteiger partial charge in [-0.3, -0.25) is 0 Å². The molecule has 1 aromatic rings. The van der Waals surface area contributed by atoms with E-state index in [9.17, 15) is 0 Å². The normalized spacial score (nSPS) is 6.90. The first kappa shape index (κ1) is 9.22. The second-order valence-corrected chi connectivity index (χ2v) is 2.46. The number of rotatable bonds is 0. The first-order chi connectivity index (χ1) is 4.81. The van der Waals surface area contributed by atoms with Gasteiger partial charge < -0.3 is 0 Å². The van der Waals surface area contributed by atoms with Crippen LogP contribution < -0.4 is 0 Å². The zero-order valence-corrected chi connectivity index (χ0v) is 7.26. The first-order valence-electron chi connectivity index (χ1n) is 2.81. The van der Waals surface area contributed by atoms with Crippen molar-refractivity contribution in [1.29, 1.82) is 0 Å². The fourth-order valence-electron chi connectivity index (χ4n) is 0.415. The van der Waals surface area contributed by atoms with Crippen LogP contribution in [-0.4, -0.2) is 0 Å². The molecular weight excluding hydrogens is 188 g/mol. The molecule has 0 amide bonds. The summed E-state index contributed by atoms with van der Waals surface area (Å²) in [5.74, 6) is 0. The van der Waals surface area contributed by atoms with Crippen LogP contribution in [0.15, 0.2) is 53.7 Å². The quantitative estimate of drug-likeness (QED) is 0.559. The number of halogens is 1. The van der Waals surface area contributed by atoms with E-state index in [0.717, 1.165) is 4.47 Å². The van der Waals surface area contributed by atoms with Crippen LogP contribution in [0.4, 0.5) is 0 Å². The third kappa shape index (κ3) is 5.36. The minimum Gasteiger partial charge on any atom is -0.137 e. The van der Waals surface area contributed by atoms with Gasteiger partial charge in [0.05, 0.1) is 0 Å². The average Bonchev–Trinajstić information content (AvgIpc) is 1.91. The molecule has 0 aliphatic heterocycles. The number of hydrogen-bond donors (Lipinski definition) is 0. The second kappa shape index (κ2) is 6.34. The third-order valence-electron chi connectivity index (χ3n) is 0.733. The summed E-state index contributed by atoms with van der Waals surface area (Å²) in [6, 6.07) is 9.97.